The maximum atomic E-state index is 13.4. The van der Waals surface area contributed by atoms with Crippen LogP contribution in [0, 0.1) is 12.3 Å². The zero-order valence-corrected chi connectivity index (χ0v) is 18.2. The van der Waals surface area contributed by atoms with Gasteiger partial charge in [-0.25, -0.2) is 13.1 Å². The molecule has 2 fully saturated rings. The van der Waals surface area contributed by atoms with Gasteiger partial charge in [0.1, 0.15) is 17.0 Å². The molecule has 1 saturated carbocycles. The largest absolute Gasteiger partial charge is 0.333 e. The molecule has 1 aliphatic heterocycles. The Hall–Kier alpha value is -1.88. The summed E-state index contributed by atoms with van der Waals surface area (Å²) in [6, 6.07) is 0. The Balaban J connectivity index is 1.71. The molecule has 1 spiro atoms. The normalized spacial score (nSPS) is 22.4. The molecule has 11 heteroatoms. The minimum absolute atomic E-state index is 0.0414. The third kappa shape index (κ3) is 3.45. The SMILES string of the molecule is CCCn1cnnc1C1CN(S(=O)(=O)c2cnn(C(F)F)c2C)CC12CCCCC2. The van der Waals surface area contributed by atoms with Crippen molar-refractivity contribution >= 4 is 10.0 Å². The highest BCUT2D eigenvalue weighted by molar-refractivity contribution is 7.89. The second-order valence-electron chi connectivity index (χ2n) is 8.47. The van der Waals surface area contributed by atoms with Gasteiger partial charge in [0.15, 0.2) is 0 Å². The molecule has 0 aromatic carbocycles. The van der Waals surface area contributed by atoms with Crippen molar-refractivity contribution in [2.24, 2.45) is 5.41 Å². The van der Waals surface area contributed by atoms with Crippen LogP contribution in [0.5, 0.6) is 0 Å². The second-order valence-corrected chi connectivity index (χ2v) is 10.4. The van der Waals surface area contributed by atoms with Crippen molar-refractivity contribution < 1.29 is 17.2 Å². The van der Waals surface area contributed by atoms with Crippen LogP contribution in [0.25, 0.3) is 0 Å². The van der Waals surface area contributed by atoms with Gasteiger partial charge in [0.05, 0.1) is 11.9 Å². The maximum Gasteiger partial charge on any atom is 0.333 e. The Morgan fingerprint density at radius 2 is 2.00 bits per heavy atom. The smallest absolute Gasteiger partial charge is 0.317 e. The zero-order valence-electron chi connectivity index (χ0n) is 17.3. The fourth-order valence-electron chi connectivity index (χ4n) is 5.17. The highest BCUT2D eigenvalue weighted by Gasteiger charge is 2.52. The molecule has 3 heterocycles. The predicted octanol–water partition coefficient (Wildman–Crippen LogP) is 3.33. The molecular formula is C19H28F2N6O2S. The first-order chi connectivity index (χ1) is 14.3. The van der Waals surface area contributed by atoms with Crippen LogP contribution in [0.1, 0.15) is 69.4 Å². The summed E-state index contributed by atoms with van der Waals surface area (Å²) in [5.74, 6) is 0.767. The summed E-state index contributed by atoms with van der Waals surface area (Å²) in [6.07, 6.45) is 8.78. The Bertz CT molecular complexity index is 997. The molecule has 0 bridgehead atoms. The molecule has 1 aliphatic carbocycles. The lowest BCUT2D eigenvalue weighted by atomic mass is 9.67. The van der Waals surface area contributed by atoms with E-state index in [1.807, 2.05) is 4.57 Å². The molecular weight excluding hydrogens is 414 g/mol. The van der Waals surface area contributed by atoms with Crippen LogP contribution in [0.3, 0.4) is 0 Å². The van der Waals surface area contributed by atoms with Gasteiger partial charge in [-0.3, -0.25) is 0 Å². The summed E-state index contributed by atoms with van der Waals surface area (Å²) in [6.45, 7) is 2.00. The van der Waals surface area contributed by atoms with E-state index in [1.54, 1.807) is 6.33 Å². The number of alkyl halides is 2. The topological polar surface area (TPSA) is 85.9 Å². The van der Waals surface area contributed by atoms with Crippen molar-refractivity contribution in [1.29, 1.82) is 0 Å². The van der Waals surface area contributed by atoms with Crippen LogP contribution in [0.15, 0.2) is 17.4 Å². The van der Waals surface area contributed by atoms with E-state index >= 15 is 0 Å². The summed E-state index contributed by atoms with van der Waals surface area (Å²) in [5, 5.41) is 12.1. The van der Waals surface area contributed by atoms with Gasteiger partial charge in [0, 0.05) is 25.6 Å². The molecule has 2 aliphatic rings. The van der Waals surface area contributed by atoms with Crippen molar-refractivity contribution in [3.8, 4) is 0 Å². The number of hydrogen-bond acceptors (Lipinski definition) is 5. The summed E-state index contributed by atoms with van der Waals surface area (Å²) in [7, 11) is -3.95. The molecule has 1 atom stereocenters. The lowest BCUT2D eigenvalue weighted by Gasteiger charge is -2.37. The van der Waals surface area contributed by atoms with Gasteiger partial charge in [-0.15, -0.1) is 10.2 Å². The maximum absolute atomic E-state index is 13.4. The number of halogens is 2. The summed E-state index contributed by atoms with van der Waals surface area (Å²) in [5.41, 5.74) is -0.239. The van der Waals surface area contributed by atoms with Crippen molar-refractivity contribution in [2.45, 2.75) is 76.3 Å². The van der Waals surface area contributed by atoms with Crippen LogP contribution in [-0.2, 0) is 16.6 Å². The number of sulfonamides is 1. The van der Waals surface area contributed by atoms with Gasteiger partial charge in [-0.1, -0.05) is 26.2 Å². The van der Waals surface area contributed by atoms with Crippen LogP contribution < -0.4 is 0 Å². The van der Waals surface area contributed by atoms with Crippen LogP contribution in [-0.4, -0.2) is 50.4 Å². The van der Waals surface area contributed by atoms with Gasteiger partial charge in [-0.2, -0.15) is 18.2 Å². The van der Waals surface area contributed by atoms with Gasteiger partial charge in [-0.05, 0) is 31.6 Å². The van der Waals surface area contributed by atoms with Crippen molar-refractivity contribution in [2.75, 3.05) is 13.1 Å². The van der Waals surface area contributed by atoms with E-state index in [0.29, 0.717) is 11.2 Å². The molecule has 30 heavy (non-hydrogen) atoms. The van der Waals surface area contributed by atoms with Crippen LogP contribution >= 0.6 is 0 Å². The van der Waals surface area contributed by atoms with Crippen LogP contribution in [0.4, 0.5) is 8.78 Å². The summed E-state index contributed by atoms with van der Waals surface area (Å²) < 4.78 is 57.0. The predicted molar refractivity (Wildman–Crippen MR) is 106 cm³/mol. The quantitative estimate of drug-likeness (QED) is 0.685. The first-order valence-corrected chi connectivity index (χ1v) is 11.9. The van der Waals surface area contributed by atoms with Gasteiger partial charge in [0.25, 0.3) is 0 Å². The van der Waals surface area contributed by atoms with E-state index in [0.717, 1.165) is 57.1 Å². The van der Waals surface area contributed by atoms with Crippen molar-refractivity contribution in [1.82, 2.24) is 28.9 Å². The fourth-order valence-corrected chi connectivity index (χ4v) is 6.87. The van der Waals surface area contributed by atoms with Gasteiger partial charge < -0.3 is 4.57 Å². The first kappa shape index (κ1) is 21.4. The Morgan fingerprint density at radius 3 is 2.63 bits per heavy atom. The Morgan fingerprint density at radius 1 is 1.27 bits per heavy atom. The van der Waals surface area contributed by atoms with E-state index < -0.39 is 16.6 Å². The Kier molecular flexibility index (Phi) is 5.69. The zero-order chi connectivity index (χ0) is 21.5. The number of hydrogen-bond donors (Lipinski definition) is 0. The second kappa shape index (κ2) is 7.99. The van der Waals surface area contributed by atoms with E-state index in [2.05, 4.69) is 22.2 Å². The molecule has 166 valence electrons. The fraction of sp³-hybridized carbons (Fsp3) is 0.737. The van der Waals surface area contributed by atoms with Crippen molar-refractivity contribution in [3.05, 3.63) is 24.0 Å². The molecule has 0 amide bonds. The highest BCUT2D eigenvalue weighted by Crippen LogP contribution is 2.52. The number of nitrogens with zero attached hydrogens (tertiary/aromatic N) is 6. The molecule has 0 N–H and O–H groups in total. The minimum atomic E-state index is -3.95. The van der Waals surface area contributed by atoms with E-state index in [1.165, 1.54) is 11.2 Å². The number of rotatable bonds is 6. The molecule has 4 rings (SSSR count). The number of aryl methyl sites for hydroxylation is 1. The summed E-state index contributed by atoms with van der Waals surface area (Å²) >= 11 is 0. The van der Waals surface area contributed by atoms with E-state index in [9.17, 15) is 17.2 Å². The average molecular weight is 443 g/mol. The third-order valence-electron chi connectivity index (χ3n) is 6.69. The monoisotopic (exact) mass is 442 g/mol. The van der Waals surface area contributed by atoms with Crippen molar-refractivity contribution in [3.63, 3.8) is 0 Å². The summed E-state index contributed by atoms with van der Waals surface area (Å²) in [4.78, 5) is -0.149. The molecule has 8 nitrogen and oxygen atoms in total. The van der Waals surface area contributed by atoms with Crippen LogP contribution in [0.2, 0.25) is 0 Å². The standard InChI is InChI=1S/C19H28F2N6O2S/c1-3-9-25-13-22-24-17(25)15-11-26(12-19(15)7-5-4-6-8-19)30(28,29)16-10-23-27(14(16)2)18(20)21/h10,13,15,18H,3-9,11-12H2,1-2H3. The van der Waals surface area contributed by atoms with Gasteiger partial charge in [0.2, 0.25) is 10.0 Å². The molecule has 1 unspecified atom stereocenters. The van der Waals surface area contributed by atoms with E-state index in [4.69, 9.17) is 0 Å². The third-order valence-corrected chi connectivity index (χ3v) is 8.60. The molecule has 2 aromatic rings. The molecule has 1 saturated heterocycles. The molecule has 0 radical (unpaired) electrons. The highest BCUT2D eigenvalue weighted by atomic mass is 32.2. The lowest BCUT2D eigenvalue weighted by molar-refractivity contribution is 0.0541. The Labute approximate surface area is 175 Å². The average Bonchev–Trinajstić information content (AvgIpc) is 3.40. The molecule has 2 aromatic heterocycles. The minimum Gasteiger partial charge on any atom is -0.317 e. The lowest BCUT2D eigenvalue weighted by Crippen LogP contribution is -2.34. The van der Waals surface area contributed by atoms with Gasteiger partial charge >= 0.3 is 6.55 Å². The first-order valence-electron chi connectivity index (χ1n) is 10.5. The number of aromatic nitrogens is 5. The van der Waals surface area contributed by atoms with E-state index in [-0.39, 0.29) is 28.5 Å².